The lowest BCUT2D eigenvalue weighted by atomic mass is 9.93. The van der Waals surface area contributed by atoms with Gasteiger partial charge in [-0.25, -0.2) is 4.79 Å². The highest BCUT2D eigenvalue weighted by atomic mass is 16.6. The van der Waals surface area contributed by atoms with Crippen LogP contribution in [0.25, 0.3) is 0 Å². The minimum atomic E-state index is -0.925. The van der Waals surface area contributed by atoms with Crippen molar-refractivity contribution in [2.75, 3.05) is 5.32 Å². The molecule has 0 aromatic heterocycles. The molecule has 3 amide bonds. The lowest BCUT2D eigenvalue weighted by Gasteiger charge is -2.43. The number of rotatable bonds is 6. The van der Waals surface area contributed by atoms with Crippen molar-refractivity contribution in [2.45, 2.75) is 85.5 Å². The van der Waals surface area contributed by atoms with Gasteiger partial charge in [0.2, 0.25) is 5.91 Å². The lowest BCUT2D eigenvalue weighted by molar-refractivity contribution is -0.146. The molecular formula is C28H39N3O4. The van der Waals surface area contributed by atoms with E-state index >= 15 is 0 Å². The summed E-state index contributed by atoms with van der Waals surface area (Å²) in [5.41, 5.74) is 1.75. The molecule has 2 rings (SSSR count). The Balaban J connectivity index is 2.51. The van der Waals surface area contributed by atoms with Gasteiger partial charge in [0.1, 0.15) is 17.7 Å². The van der Waals surface area contributed by atoms with Crippen LogP contribution in [-0.4, -0.2) is 40.0 Å². The Bertz CT molecular complexity index is 1070. The van der Waals surface area contributed by atoms with Gasteiger partial charge in [-0.05, 0) is 85.1 Å². The van der Waals surface area contributed by atoms with Gasteiger partial charge < -0.3 is 20.3 Å². The van der Waals surface area contributed by atoms with Crippen LogP contribution in [0.15, 0.2) is 48.5 Å². The van der Waals surface area contributed by atoms with Gasteiger partial charge in [0, 0.05) is 11.2 Å². The second-order valence-electron chi connectivity index (χ2n) is 10.8. The van der Waals surface area contributed by atoms with Crippen molar-refractivity contribution in [1.82, 2.24) is 10.2 Å². The number of nitrogens with zero attached hydrogens (tertiary/aromatic N) is 1. The molecule has 2 unspecified atom stereocenters. The van der Waals surface area contributed by atoms with Gasteiger partial charge in [0.25, 0.3) is 5.91 Å². The SMILES string of the molecule is Cc1ccccc1NC(=O)C(c1ccccc1C)N(C(=O)C(C)NC(=O)OC(C)(C)C)C(C)(C)C. The number of aryl methyl sites for hydroxylation is 2. The zero-order valence-electron chi connectivity index (χ0n) is 22.4. The highest BCUT2D eigenvalue weighted by Crippen LogP contribution is 2.33. The van der Waals surface area contributed by atoms with E-state index in [1.807, 2.05) is 83.1 Å². The first-order valence-electron chi connectivity index (χ1n) is 11.9. The molecule has 0 saturated carbocycles. The van der Waals surface area contributed by atoms with Crippen LogP contribution in [0.1, 0.15) is 71.2 Å². The van der Waals surface area contributed by atoms with Crippen LogP contribution in [0.5, 0.6) is 0 Å². The van der Waals surface area contributed by atoms with E-state index in [1.165, 1.54) is 0 Å². The zero-order valence-corrected chi connectivity index (χ0v) is 22.4. The molecule has 190 valence electrons. The smallest absolute Gasteiger partial charge is 0.408 e. The number of nitrogens with one attached hydrogen (secondary N) is 2. The number of ether oxygens (including phenoxy) is 1. The van der Waals surface area contributed by atoms with Gasteiger partial charge in [-0.1, -0.05) is 42.5 Å². The quantitative estimate of drug-likeness (QED) is 0.568. The number of alkyl carbamates (subject to hydrolysis) is 1. The number of benzene rings is 2. The molecule has 0 heterocycles. The lowest BCUT2D eigenvalue weighted by Crippen LogP contribution is -2.57. The molecule has 2 atom stereocenters. The van der Waals surface area contributed by atoms with Crippen molar-refractivity contribution < 1.29 is 19.1 Å². The largest absolute Gasteiger partial charge is 0.444 e. The number of carbonyl (C=O) groups excluding carboxylic acids is 3. The third-order valence-corrected chi connectivity index (χ3v) is 5.46. The summed E-state index contributed by atoms with van der Waals surface area (Å²) in [6, 6.07) is 13.2. The minimum absolute atomic E-state index is 0.332. The van der Waals surface area contributed by atoms with E-state index < -0.39 is 35.2 Å². The summed E-state index contributed by atoms with van der Waals surface area (Å²) in [6.07, 6.45) is -0.691. The van der Waals surface area contributed by atoms with Crippen LogP contribution in [0.2, 0.25) is 0 Å². The Hall–Kier alpha value is -3.35. The summed E-state index contributed by atoms with van der Waals surface area (Å²) in [5, 5.41) is 5.63. The first kappa shape index (κ1) is 27.9. The maximum atomic E-state index is 13.8. The van der Waals surface area contributed by atoms with Crippen LogP contribution in [0.3, 0.4) is 0 Å². The van der Waals surface area contributed by atoms with Gasteiger partial charge in [0.15, 0.2) is 0 Å². The van der Waals surface area contributed by atoms with Crippen molar-refractivity contribution in [2.24, 2.45) is 0 Å². The third kappa shape index (κ3) is 7.57. The van der Waals surface area contributed by atoms with Crippen LogP contribution < -0.4 is 10.6 Å². The fourth-order valence-electron chi connectivity index (χ4n) is 3.81. The molecule has 0 bridgehead atoms. The molecule has 7 nitrogen and oxygen atoms in total. The van der Waals surface area contributed by atoms with E-state index in [0.717, 1.165) is 11.1 Å². The molecule has 0 spiro atoms. The van der Waals surface area contributed by atoms with Gasteiger partial charge in [-0.15, -0.1) is 0 Å². The van der Waals surface area contributed by atoms with E-state index in [1.54, 1.807) is 32.6 Å². The molecule has 0 fully saturated rings. The average Bonchev–Trinajstić information content (AvgIpc) is 2.71. The summed E-state index contributed by atoms with van der Waals surface area (Å²) >= 11 is 0. The Morgan fingerprint density at radius 2 is 1.40 bits per heavy atom. The van der Waals surface area contributed by atoms with Crippen molar-refractivity contribution in [3.63, 3.8) is 0 Å². The number of carbonyl (C=O) groups is 3. The van der Waals surface area contributed by atoms with Crippen LogP contribution in [0, 0.1) is 13.8 Å². The summed E-state index contributed by atoms with van der Waals surface area (Å²) < 4.78 is 5.33. The second-order valence-corrected chi connectivity index (χ2v) is 10.8. The Kier molecular flexibility index (Phi) is 8.71. The Morgan fingerprint density at radius 1 is 0.857 bits per heavy atom. The van der Waals surface area contributed by atoms with Crippen molar-refractivity contribution in [3.8, 4) is 0 Å². The van der Waals surface area contributed by atoms with E-state index in [-0.39, 0.29) is 5.91 Å². The highest BCUT2D eigenvalue weighted by molar-refractivity contribution is 5.99. The predicted molar refractivity (Wildman–Crippen MR) is 139 cm³/mol. The van der Waals surface area contributed by atoms with Crippen LogP contribution in [-0.2, 0) is 14.3 Å². The number of hydrogen-bond acceptors (Lipinski definition) is 4. The first-order valence-corrected chi connectivity index (χ1v) is 11.9. The minimum Gasteiger partial charge on any atom is -0.444 e. The van der Waals surface area contributed by atoms with Gasteiger partial charge in [-0.2, -0.15) is 0 Å². The Morgan fingerprint density at radius 3 is 1.91 bits per heavy atom. The molecule has 35 heavy (non-hydrogen) atoms. The topological polar surface area (TPSA) is 87.7 Å². The molecule has 0 radical (unpaired) electrons. The molecule has 0 aliphatic rings. The number of anilines is 1. The Labute approximate surface area is 209 Å². The second kappa shape index (κ2) is 10.9. The molecule has 2 aromatic rings. The standard InChI is InChI=1S/C28H39N3O4/c1-18-14-10-12-16-21(18)23(24(32)30-22-17-13-11-15-19(22)2)31(27(4,5)6)25(33)20(3)29-26(34)35-28(7,8)9/h10-17,20,23H,1-9H3,(H,29,34)(H,30,32). The molecule has 0 saturated heterocycles. The number of hydrogen-bond donors (Lipinski definition) is 2. The molecule has 2 aromatic carbocycles. The fourth-order valence-corrected chi connectivity index (χ4v) is 3.81. The monoisotopic (exact) mass is 481 g/mol. The normalized spacial score (nSPS) is 13.4. The third-order valence-electron chi connectivity index (χ3n) is 5.46. The maximum absolute atomic E-state index is 13.8. The highest BCUT2D eigenvalue weighted by Gasteiger charge is 2.41. The van der Waals surface area contributed by atoms with E-state index in [4.69, 9.17) is 4.74 Å². The summed E-state index contributed by atoms with van der Waals surface area (Å²) in [4.78, 5) is 41.6. The molecular weight excluding hydrogens is 442 g/mol. The first-order chi connectivity index (χ1) is 16.1. The summed E-state index contributed by atoms with van der Waals surface area (Å²) in [6.45, 7) is 16.3. The molecule has 0 aliphatic heterocycles. The maximum Gasteiger partial charge on any atom is 0.408 e. The van der Waals surface area contributed by atoms with E-state index in [9.17, 15) is 14.4 Å². The van der Waals surface area contributed by atoms with Gasteiger partial charge in [0.05, 0.1) is 0 Å². The van der Waals surface area contributed by atoms with Crippen molar-refractivity contribution >= 4 is 23.6 Å². The van der Waals surface area contributed by atoms with Crippen LogP contribution in [0.4, 0.5) is 10.5 Å². The number of para-hydroxylation sites is 1. The average molecular weight is 482 g/mol. The van der Waals surface area contributed by atoms with E-state index in [2.05, 4.69) is 10.6 Å². The summed E-state index contributed by atoms with van der Waals surface area (Å²) in [7, 11) is 0. The predicted octanol–water partition coefficient (Wildman–Crippen LogP) is 5.52. The molecule has 0 aliphatic carbocycles. The number of amides is 3. The van der Waals surface area contributed by atoms with Crippen LogP contribution >= 0.6 is 0 Å². The van der Waals surface area contributed by atoms with Crippen molar-refractivity contribution in [1.29, 1.82) is 0 Å². The van der Waals surface area contributed by atoms with Gasteiger partial charge >= 0.3 is 6.09 Å². The fraction of sp³-hybridized carbons (Fsp3) is 0.464. The molecule has 7 heteroatoms. The zero-order chi connectivity index (χ0) is 26.6. The van der Waals surface area contributed by atoms with Gasteiger partial charge in [-0.3, -0.25) is 9.59 Å². The molecule has 2 N–H and O–H groups in total. The summed E-state index contributed by atoms with van der Waals surface area (Å²) in [5.74, 6) is -0.724. The van der Waals surface area contributed by atoms with E-state index in [0.29, 0.717) is 11.3 Å². The van der Waals surface area contributed by atoms with Crippen molar-refractivity contribution in [3.05, 3.63) is 65.2 Å².